The van der Waals surface area contributed by atoms with E-state index in [1.807, 2.05) is 10.6 Å². The van der Waals surface area contributed by atoms with Gasteiger partial charge < -0.3 is 10.3 Å². The minimum atomic E-state index is -0.249. The first-order valence-corrected chi connectivity index (χ1v) is 8.13. The topological polar surface area (TPSA) is 56.7 Å². The molecule has 0 spiro atoms. The van der Waals surface area contributed by atoms with E-state index in [2.05, 4.69) is 33.1 Å². The van der Waals surface area contributed by atoms with Gasteiger partial charge >= 0.3 is 0 Å². The van der Waals surface area contributed by atoms with Crippen molar-refractivity contribution in [2.45, 2.75) is 37.3 Å². The maximum absolute atomic E-state index is 13.5. The lowest BCUT2D eigenvalue weighted by molar-refractivity contribution is 0.592. The molecule has 2 aromatic rings. The fourth-order valence-corrected chi connectivity index (χ4v) is 3.39. The molecule has 0 fully saturated rings. The van der Waals surface area contributed by atoms with Gasteiger partial charge in [-0.1, -0.05) is 30.8 Å². The summed E-state index contributed by atoms with van der Waals surface area (Å²) in [5.74, 6) is 1.17. The number of benzene rings is 1. The Morgan fingerprint density at radius 3 is 2.90 bits per heavy atom. The van der Waals surface area contributed by atoms with Crippen LogP contribution in [-0.4, -0.2) is 14.8 Å². The summed E-state index contributed by atoms with van der Waals surface area (Å²) in [6.45, 7) is 3.31. The molecule has 0 aliphatic rings. The van der Waals surface area contributed by atoms with Crippen LogP contribution < -0.4 is 5.73 Å². The molecule has 0 saturated carbocycles. The standard InChI is InChI=1S/C13H16BrFN4S/c1-2-6-19-11(7-16)17-18-13(19)20-8-9-4-3-5-10(15)12(9)14/h3-5H,2,6-8,16H2,1H3. The van der Waals surface area contributed by atoms with Crippen molar-refractivity contribution in [2.75, 3.05) is 0 Å². The Balaban J connectivity index is 2.14. The fraction of sp³-hybridized carbons (Fsp3) is 0.385. The van der Waals surface area contributed by atoms with Gasteiger partial charge in [-0.15, -0.1) is 10.2 Å². The fourth-order valence-electron chi connectivity index (χ4n) is 1.83. The predicted octanol–water partition coefficient (Wildman–Crippen LogP) is 3.34. The first-order chi connectivity index (χ1) is 9.67. The largest absolute Gasteiger partial charge is 0.324 e. The maximum Gasteiger partial charge on any atom is 0.191 e. The first kappa shape index (κ1) is 15.5. The molecule has 0 bridgehead atoms. The summed E-state index contributed by atoms with van der Waals surface area (Å²) in [6.07, 6.45) is 0.988. The number of thioether (sulfide) groups is 1. The Morgan fingerprint density at radius 2 is 2.20 bits per heavy atom. The molecule has 20 heavy (non-hydrogen) atoms. The highest BCUT2D eigenvalue weighted by Gasteiger charge is 2.12. The van der Waals surface area contributed by atoms with E-state index in [1.54, 1.807) is 6.07 Å². The first-order valence-electron chi connectivity index (χ1n) is 6.35. The van der Waals surface area contributed by atoms with Crippen LogP contribution in [0.3, 0.4) is 0 Å². The molecule has 2 rings (SSSR count). The average molecular weight is 359 g/mol. The van der Waals surface area contributed by atoms with Crippen molar-refractivity contribution < 1.29 is 4.39 Å². The summed E-state index contributed by atoms with van der Waals surface area (Å²) in [7, 11) is 0. The molecule has 0 unspecified atom stereocenters. The number of nitrogens with zero attached hydrogens (tertiary/aromatic N) is 3. The normalized spacial score (nSPS) is 11.0. The van der Waals surface area contributed by atoms with Crippen LogP contribution in [0.15, 0.2) is 27.8 Å². The van der Waals surface area contributed by atoms with Crippen molar-refractivity contribution in [3.8, 4) is 0 Å². The van der Waals surface area contributed by atoms with Gasteiger partial charge in [-0.3, -0.25) is 0 Å². The molecule has 0 aliphatic heterocycles. The number of aromatic nitrogens is 3. The lowest BCUT2D eigenvalue weighted by Gasteiger charge is -2.08. The second-order valence-electron chi connectivity index (χ2n) is 4.26. The van der Waals surface area contributed by atoms with E-state index < -0.39 is 0 Å². The quantitative estimate of drug-likeness (QED) is 0.804. The summed E-state index contributed by atoms with van der Waals surface area (Å²) < 4.78 is 16.0. The third-order valence-corrected chi connectivity index (χ3v) is 4.72. The highest BCUT2D eigenvalue weighted by molar-refractivity contribution is 9.10. The van der Waals surface area contributed by atoms with Crippen molar-refractivity contribution in [2.24, 2.45) is 5.73 Å². The van der Waals surface area contributed by atoms with Gasteiger partial charge in [0, 0.05) is 12.3 Å². The number of halogens is 2. The third kappa shape index (κ3) is 3.39. The summed E-state index contributed by atoms with van der Waals surface area (Å²) >= 11 is 4.81. The number of hydrogen-bond acceptors (Lipinski definition) is 4. The molecule has 1 aromatic heterocycles. The zero-order chi connectivity index (χ0) is 14.5. The molecule has 2 N–H and O–H groups in total. The molecule has 1 aromatic carbocycles. The molecule has 0 atom stereocenters. The van der Waals surface area contributed by atoms with Crippen LogP contribution in [0, 0.1) is 5.82 Å². The highest BCUT2D eigenvalue weighted by Crippen LogP contribution is 2.28. The number of hydrogen-bond donors (Lipinski definition) is 1. The van der Waals surface area contributed by atoms with E-state index in [-0.39, 0.29) is 5.82 Å². The van der Waals surface area contributed by atoms with Gasteiger partial charge in [-0.25, -0.2) is 4.39 Å². The maximum atomic E-state index is 13.5. The van der Waals surface area contributed by atoms with Crippen molar-refractivity contribution in [3.05, 3.63) is 39.9 Å². The Hall–Kier alpha value is -0.920. The lowest BCUT2D eigenvalue weighted by Crippen LogP contribution is -2.09. The van der Waals surface area contributed by atoms with E-state index in [9.17, 15) is 4.39 Å². The Kier molecular flexibility index (Phi) is 5.56. The van der Waals surface area contributed by atoms with Crippen LogP contribution >= 0.6 is 27.7 Å². The monoisotopic (exact) mass is 358 g/mol. The van der Waals surface area contributed by atoms with Gasteiger partial charge in [0.25, 0.3) is 0 Å². The lowest BCUT2D eigenvalue weighted by atomic mass is 10.2. The van der Waals surface area contributed by atoms with Crippen LogP contribution in [0.1, 0.15) is 24.7 Å². The average Bonchev–Trinajstić information content (AvgIpc) is 2.83. The van der Waals surface area contributed by atoms with Gasteiger partial charge in [0.2, 0.25) is 0 Å². The van der Waals surface area contributed by atoms with Gasteiger partial charge in [0.1, 0.15) is 11.6 Å². The van der Waals surface area contributed by atoms with Crippen molar-refractivity contribution in [1.29, 1.82) is 0 Å². The van der Waals surface area contributed by atoms with Crippen molar-refractivity contribution in [1.82, 2.24) is 14.8 Å². The van der Waals surface area contributed by atoms with E-state index in [0.717, 1.165) is 29.5 Å². The SMILES string of the molecule is CCCn1c(CN)nnc1SCc1cccc(F)c1Br. The molecule has 7 heteroatoms. The summed E-state index contributed by atoms with van der Waals surface area (Å²) in [6, 6.07) is 5.03. The second kappa shape index (κ2) is 7.19. The van der Waals surface area contributed by atoms with Crippen LogP contribution in [0.5, 0.6) is 0 Å². The minimum Gasteiger partial charge on any atom is -0.324 e. The Labute approximate surface area is 130 Å². The van der Waals surface area contributed by atoms with Crippen molar-refractivity contribution >= 4 is 27.7 Å². The number of nitrogens with two attached hydrogens (primary N) is 1. The van der Waals surface area contributed by atoms with E-state index in [1.165, 1.54) is 17.8 Å². The van der Waals surface area contributed by atoms with E-state index in [4.69, 9.17) is 5.73 Å². The highest BCUT2D eigenvalue weighted by atomic mass is 79.9. The molecule has 0 amide bonds. The summed E-state index contributed by atoms with van der Waals surface area (Å²) in [5.41, 5.74) is 6.55. The minimum absolute atomic E-state index is 0.249. The van der Waals surface area contributed by atoms with Gasteiger partial charge in [-0.05, 0) is 34.0 Å². The predicted molar refractivity (Wildman–Crippen MR) is 81.9 cm³/mol. The molecular formula is C13H16BrFN4S. The van der Waals surface area contributed by atoms with Crippen LogP contribution in [0.25, 0.3) is 0 Å². The van der Waals surface area contributed by atoms with Crippen molar-refractivity contribution in [3.63, 3.8) is 0 Å². The van der Waals surface area contributed by atoms with Crippen LogP contribution in [0.2, 0.25) is 0 Å². The zero-order valence-electron chi connectivity index (χ0n) is 11.1. The van der Waals surface area contributed by atoms with E-state index in [0.29, 0.717) is 16.8 Å². The Bertz CT molecular complexity index is 588. The molecule has 1 heterocycles. The van der Waals surface area contributed by atoms with Gasteiger partial charge in [0.05, 0.1) is 11.0 Å². The number of rotatable bonds is 6. The molecule has 108 valence electrons. The molecular weight excluding hydrogens is 343 g/mol. The summed E-state index contributed by atoms with van der Waals surface area (Å²) in [5, 5.41) is 9.07. The molecule has 0 radical (unpaired) electrons. The molecule has 4 nitrogen and oxygen atoms in total. The summed E-state index contributed by atoms with van der Waals surface area (Å²) in [4.78, 5) is 0. The van der Waals surface area contributed by atoms with Crippen LogP contribution in [0.4, 0.5) is 4.39 Å². The van der Waals surface area contributed by atoms with Crippen LogP contribution in [-0.2, 0) is 18.8 Å². The van der Waals surface area contributed by atoms with Gasteiger partial charge in [0.15, 0.2) is 5.16 Å². The molecule has 0 aliphatic carbocycles. The zero-order valence-corrected chi connectivity index (χ0v) is 13.5. The smallest absolute Gasteiger partial charge is 0.191 e. The third-order valence-electron chi connectivity index (χ3n) is 2.81. The second-order valence-corrected chi connectivity index (χ2v) is 5.99. The van der Waals surface area contributed by atoms with E-state index >= 15 is 0 Å². The Morgan fingerprint density at radius 1 is 1.40 bits per heavy atom. The molecule has 0 saturated heterocycles. The van der Waals surface area contributed by atoms with Gasteiger partial charge in [-0.2, -0.15) is 0 Å².